The van der Waals surface area contributed by atoms with Gasteiger partial charge in [0.2, 0.25) is 0 Å². The molecule has 5 nitrogen and oxygen atoms in total. The van der Waals surface area contributed by atoms with Gasteiger partial charge in [-0.05, 0) is 33.1 Å². The van der Waals surface area contributed by atoms with Crippen molar-refractivity contribution in [1.82, 2.24) is 0 Å². The van der Waals surface area contributed by atoms with E-state index in [0.29, 0.717) is 6.42 Å². The van der Waals surface area contributed by atoms with Crippen LogP contribution in [0, 0.1) is 5.41 Å². The third-order valence-corrected chi connectivity index (χ3v) is 2.74. The predicted octanol–water partition coefficient (Wildman–Crippen LogP) is 1.58. The van der Waals surface area contributed by atoms with Gasteiger partial charge in [-0.3, -0.25) is 9.59 Å². The molecule has 2 atom stereocenters. The summed E-state index contributed by atoms with van der Waals surface area (Å²) in [4.78, 5) is 23.2. The molecule has 2 unspecified atom stereocenters. The number of aliphatic carboxylic acids is 1. The Morgan fingerprint density at radius 3 is 2.24 bits per heavy atom. The lowest BCUT2D eigenvalue weighted by Crippen LogP contribution is -2.41. The van der Waals surface area contributed by atoms with Crippen LogP contribution in [-0.4, -0.2) is 34.9 Å². The largest absolute Gasteiger partial charge is 0.480 e. The highest BCUT2D eigenvalue weighted by molar-refractivity contribution is 5.99. The highest BCUT2D eigenvalue weighted by Gasteiger charge is 2.46. The lowest BCUT2D eigenvalue weighted by Gasteiger charge is -2.27. The molecule has 100 valence electrons. The van der Waals surface area contributed by atoms with Crippen molar-refractivity contribution in [3.63, 3.8) is 0 Å². The second-order valence-corrected chi connectivity index (χ2v) is 4.25. The van der Waals surface area contributed by atoms with Gasteiger partial charge in [-0.15, -0.1) is 0 Å². The number of hydrogen-bond acceptors (Lipinski definition) is 4. The zero-order valence-electron chi connectivity index (χ0n) is 10.7. The van der Waals surface area contributed by atoms with Gasteiger partial charge in [0.25, 0.3) is 0 Å². The van der Waals surface area contributed by atoms with Gasteiger partial charge >= 0.3 is 11.9 Å². The van der Waals surface area contributed by atoms with Crippen molar-refractivity contribution in [2.24, 2.45) is 5.41 Å². The first-order valence-electron chi connectivity index (χ1n) is 5.99. The quantitative estimate of drug-likeness (QED) is 0.502. The number of aliphatic hydroxyl groups excluding tert-OH is 1. The molecule has 0 saturated carbocycles. The van der Waals surface area contributed by atoms with E-state index in [0.717, 1.165) is 0 Å². The van der Waals surface area contributed by atoms with Gasteiger partial charge in [0.05, 0.1) is 12.7 Å². The average Bonchev–Trinajstić information content (AvgIpc) is 2.23. The Bertz CT molecular complexity index is 262. The van der Waals surface area contributed by atoms with Crippen LogP contribution in [0.3, 0.4) is 0 Å². The zero-order valence-corrected chi connectivity index (χ0v) is 10.7. The maximum atomic E-state index is 11.8. The highest BCUT2D eigenvalue weighted by Crippen LogP contribution is 2.32. The number of rotatable bonds is 8. The van der Waals surface area contributed by atoms with Crippen LogP contribution >= 0.6 is 0 Å². The first kappa shape index (κ1) is 15.9. The molecule has 0 rings (SSSR count). The molecular weight excluding hydrogens is 224 g/mol. The van der Waals surface area contributed by atoms with E-state index in [-0.39, 0.29) is 25.9 Å². The molecule has 0 bridgehead atoms. The maximum Gasteiger partial charge on any atom is 0.323 e. The van der Waals surface area contributed by atoms with Crippen molar-refractivity contribution in [3.05, 3.63) is 0 Å². The molecule has 0 heterocycles. The standard InChI is InChI=1S/C12H22O5/c1-4-7-12(10(14)15,8-6-9(3)13)11(16)17-5-2/h9,13H,4-8H2,1-3H3,(H,14,15). The molecule has 2 N–H and O–H groups in total. The minimum Gasteiger partial charge on any atom is -0.480 e. The van der Waals surface area contributed by atoms with Crippen LogP contribution in [0.1, 0.15) is 46.5 Å². The lowest BCUT2D eigenvalue weighted by atomic mass is 9.78. The Kier molecular flexibility index (Phi) is 6.80. The van der Waals surface area contributed by atoms with Crippen molar-refractivity contribution in [1.29, 1.82) is 0 Å². The SMILES string of the molecule is CCCC(CCC(C)O)(C(=O)O)C(=O)OCC. The third kappa shape index (κ3) is 4.34. The maximum absolute atomic E-state index is 11.8. The van der Waals surface area contributed by atoms with E-state index in [1.54, 1.807) is 13.8 Å². The summed E-state index contributed by atoms with van der Waals surface area (Å²) in [5.74, 6) is -1.87. The summed E-state index contributed by atoms with van der Waals surface area (Å²) in [6.45, 7) is 5.19. The molecule has 0 aromatic heterocycles. The minimum absolute atomic E-state index is 0.104. The Balaban J connectivity index is 4.98. The number of ether oxygens (including phenoxy) is 1. The predicted molar refractivity (Wildman–Crippen MR) is 62.5 cm³/mol. The number of carbonyl (C=O) groups excluding carboxylic acids is 1. The first-order chi connectivity index (χ1) is 7.90. The summed E-state index contributed by atoms with van der Waals surface area (Å²) in [6, 6.07) is 0. The third-order valence-electron chi connectivity index (χ3n) is 2.74. The molecule has 0 aliphatic carbocycles. The van der Waals surface area contributed by atoms with E-state index in [1.165, 1.54) is 0 Å². The van der Waals surface area contributed by atoms with Crippen molar-refractivity contribution >= 4 is 11.9 Å². The summed E-state index contributed by atoms with van der Waals surface area (Å²) >= 11 is 0. The van der Waals surface area contributed by atoms with Gasteiger partial charge in [0.1, 0.15) is 0 Å². The van der Waals surface area contributed by atoms with Crippen molar-refractivity contribution < 1.29 is 24.5 Å². The smallest absolute Gasteiger partial charge is 0.323 e. The molecule has 0 saturated heterocycles. The van der Waals surface area contributed by atoms with Crippen LogP contribution < -0.4 is 0 Å². The Labute approximate surface area is 102 Å². The summed E-state index contributed by atoms with van der Waals surface area (Å²) in [5, 5.41) is 18.5. The molecule has 17 heavy (non-hydrogen) atoms. The second-order valence-electron chi connectivity index (χ2n) is 4.25. The van der Waals surface area contributed by atoms with Gasteiger partial charge in [0, 0.05) is 0 Å². The number of carboxylic acid groups (broad SMARTS) is 1. The van der Waals surface area contributed by atoms with Crippen LogP contribution in [-0.2, 0) is 14.3 Å². The fourth-order valence-electron chi connectivity index (χ4n) is 1.78. The molecular formula is C12H22O5. The van der Waals surface area contributed by atoms with E-state index in [9.17, 15) is 19.8 Å². The molecule has 0 amide bonds. The van der Waals surface area contributed by atoms with Gasteiger partial charge in [-0.1, -0.05) is 13.3 Å². The zero-order chi connectivity index (χ0) is 13.5. The fraction of sp³-hybridized carbons (Fsp3) is 0.833. The Hall–Kier alpha value is -1.10. The van der Waals surface area contributed by atoms with Crippen LogP contribution in [0.4, 0.5) is 0 Å². The number of hydrogen-bond donors (Lipinski definition) is 2. The van der Waals surface area contributed by atoms with E-state index in [4.69, 9.17) is 4.74 Å². The topological polar surface area (TPSA) is 83.8 Å². The van der Waals surface area contributed by atoms with E-state index >= 15 is 0 Å². The monoisotopic (exact) mass is 246 g/mol. The highest BCUT2D eigenvalue weighted by atomic mass is 16.5. The van der Waals surface area contributed by atoms with Crippen molar-refractivity contribution in [3.8, 4) is 0 Å². The summed E-state index contributed by atoms with van der Waals surface area (Å²) < 4.78 is 4.85. The minimum atomic E-state index is -1.51. The molecule has 0 aliphatic rings. The molecule has 0 radical (unpaired) electrons. The Morgan fingerprint density at radius 2 is 1.88 bits per heavy atom. The lowest BCUT2D eigenvalue weighted by molar-refractivity contribution is -0.170. The van der Waals surface area contributed by atoms with Crippen LogP contribution in [0.15, 0.2) is 0 Å². The van der Waals surface area contributed by atoms with Gasteiger partial charge in [0.15, 0.2) is 5.41 Å². The Morgan fingerprint density at radius 1 is 1.29 bits per heavy atom. The summed E-state index contributed by atoms with van der Waals surface area (Å²) in [5.41, 5.74) is -1.51. The number of aliphatic hydroxyl groups is 1. The van der Waals surface area contributed by atoms with E-state index < -0.39 is 23.5 Å². The van der Waals surface area contributed by atoms with E-state index in [2.05, 4.69) is 0 Å². The summed E-state index contributed by atoms with van der Waals surface area (Å²) in [6.07, 6.45) is 0.552. The van der Waals surface area contributed by atoms with Crippen LogP contribution in [0.5, 0.6) is 0 Å². The van der Waals surface area contributed by atoms with Crippen LogP contribution in [0.25, 0.3) is 0 Å². The molecule has 0 aromatic carbocycles. The first-order valence-corrected chi connectivity index (χ1v) is 5.99. The molecule has 0 aromatic rings. The number of carboxylic acids is 1. The van der Waals surface area contributed by atoms with E-state index in [1.807, 2.05) is 6.92 Å². The van der Waals surface area contributed by atoms with Gasteiger partial charge < -0.3 is 14.9 Å². The van der Waals surface area contributed by atoms with Crippen LogP contribution in [0.2, 0.25) is 0 Å². The average molecular weight is 246 g/mol. The normalized spacial score (nSPS) is 16.0. The van der Waals surface area contributed by atoms with Crippen molar-refractivity contribution in [2.75, 3.05) is 6.61 Å². The van der Waals surface area contributed by atoms with Crippen molar-refractivity contribution in [2.45, 2.75) is 52.6 Å². The molecule has 0 spiro atoms. The number of carbonyl (C=O) groups is 2. The second kappa shape index (κ2) is 7.27. The molecule has 5 heteroatoms. The summed E-state index contributed by atoms with van der Waals surface area (Å²) in [7, 11) is 0. The number of esters is 1. The molecule has 0 fully saturated rings. The molecule has 0 aliphatic heterocycles. The van der Waals surface area contributed by atoms with Gasteiger partial charge in [-0.25, -0.2) is 0 Å². The fourth-order valence-corrected chi connectivity index (χ4v) is 1.78. The van der Waals surface area contributed by atoms with Gasteiger partial charge in [-0.2, -0.15) is 0 Å².